The largest absolute Gasteiger partial charge is 0.480 e. The van der Waals surface area contributed by atoms with E-state index >= 15 is 0 Å². The van der Waals surface area contributed by atoms with Gasteiger partial charge >= 0.3 is 6.18 Å². The first-order chi connectivity index (χ1) is 11.2. The molecule has 0 bridgehead atoms. The van der Waals surface area contributed by atoms with E-state index in [9.17, 15) is 18.3 Å². The third kappa shape index (κ3) is 4.51. The molecule has 130 valence electrons. The van der Waals surface area contributed by atoms with Gasteiger partial charge in [0.05, 0.1) is 12.3 Å². The van der Waals surface area contributed by atoms with Crippen molar-refractivity contribution in [2.45, 2.75) is 19.3 Å². The van der Waals surface area contributed by atoms with Gasteiger partial charge in [-0.05, 0) is 23.3 Å². The fourth-order valence-electron chi connectivity index (χ4n) is 2.02. The molecule has 1 aromatic carbocycles. The Morgan fingerprint density at radius 1 is 1.21 bits per heavy atom. The Bertz CT molecular complexity index is 739. The molecule has 0 radical (unpaired) electrons. The van der Waals surface area contributed by atoms with Crippen LogP contribution in [0.25, 0.3) is 11.1 Å². The van der Waals surface area contributed by atoms with Crippen molar-refractivity contribution in [1.82, 2.24) is 4.98 Å². The Morgan fingerprint density at radius 3 is 2.46 bits per heavy atom. The highest BCUT2D eigenvalue weighted by atomic mass is 35.5. The molecule has 9 heteroatoms. The van der Waals surface area contributed by atoms with E-state index in [0.29, 0.717) is 16.1 Å². The highest BCUT2D eigenvalue weighted by molar-refractivity contribution is 6.32. The number of nitrogens with two attached hydrogens (primary N) is 1. The molecule has 4 nitrogen and oxygen atoms in total. The van der Waals surface area contributed by atoms with Crippen LogP contribution < -0.4 is 10.5 Å². The van der Waals surface area contributed by atoms with Crippen LogP contribution in [0.1, 0.15) is 11.3 Å². The molecular weight excluding hydrogens is 368 g/mol. The Kier molecular flexibility index (Phi) is 5.92. The summed E-state index contributed by atoms with van der Waals surface area (Å²) in [5, 5.41) is 9.31. The molecule has 2 aromatic rings. The molecule has 0 aliphatic carbocycles. The minimum Gasteiger partial charge on any atom is -0.480 e. The van der Waals surface area contributed by atoms with Gasteiger partial charge in [0.25, 0.3) is 0 Å². The number of hydrogen-bond acceptors (Lipinski definition) is 4. The maximum Gasteiger partial charge on any atom is 0.422 e. The number of aromatic nitrogens is 1. The van der Waals surface area contributed by atoms with Gasteiger partial charge in [-0.1, -0.05) is 35.3 Å². The summed E-state index contributed by atoms with van der Waals surface area (Å²) in [6.07, 6.45) is -4.53. The lowest BCUT2D eigenvalue weighted by Gasteiger charge is -2.16. The molecule has 0 amide bonds. The molecule has 1 heterocycles. The van der Waals surface area contributed by atoms with E-state index in [1.807, 2.05) is 0 Å². The zero-order chi connectivity index (χ0) is 17.9. The summed E-state index contributed by atoms with van der Waals surface area (Å²) in [4.78, 5) is 3.80. The number of halogens is 5. The van der Waals surface area contributed by atoms with Crippen LogP contribution in [0, 0.1) is 0 Å². The number of pyridine rings is 1. The topological polar surface area (TPSA) is 68.4 Å². The first kappa shape index (κ1) is 18.8. The average molecular weight is 381 g/mol. The predicted molar refractivity (Wildman–Crippen MR) is 85.1 cm³/mol. The number of hydrogen-bond donors (Lipinski definition) is 2. The molecule has 0 spiro atoms. The molecule has 3 N–H and O–H groups in total. The molecule has 0 fully saturated rings. The maximum atomic E-state index is 12.5. The number of aliphatic hydroxyl groups is 1. The second-order valence-electron chi connectivity index (χ2n) is 4.85. The summed E-state index contributed by atoms with van der Waals surface area (Å²) in [5.41, 5.74) is 7.12. The van der Waals surface area contributed by atoms with Crippen molar-refractivity contribution in [3.8, 4) is 16.9 Å². The van der Waals surface area contributed by atoms with Crippen molar-refractivity contribution >= 4 is 23.2 Å². The van der Waals surface area contributed by atoms with Crippen molar-refractivity contribution in [2.75, 3.05) is 6.61 Å². The number of ether oxygens (including phenoxy) is 1. The molecule has 24 heavy (non-hydrogen) atoms. The molecule has 0 saturated carbocycles. The van der Waals surface area contributed by atoms with Gasteiger partial charge in [0.15, 0.2) is 17.5 Å². The summed E-state index contributed by atoms with van der Waals surface area (Å²) in [7, 11) is 0. The van der Waals surface area contributed by atoms with Crippen LogP contribution in [-0.2, 0) is 13.2 Å². The molecule has 0 unspecified atom stereocenters. The van der Waals surface area contributed by atoms with Crippen molar-refractivity contribution in [1.29, 1.82) is 0 Å². The number of aliphatic hydroxyl groups excluding tert-OH is 1. The zero-order valence-corrected chi connectivity index (χ0v) is 13.7. The van der Waals surface area contributed by atoms with Gasteiger partial charge in [-0.25, -0.2) is 4.98 Å². The second-order valence-corrected chi connectivity index (χ2v) is 5.62. The molecule has 2 rings (SSSR count). The monoisotopic (exact) mass is 380 g/mol. The third-order valence-electron chi connectivity index (χ3n) is 3.11. The highest BCUT2D eigenvalue weighted by Crippen LogP contribution is 2.38. The average Bonchev–Trinajstić information content (AvgIpc) is 2.52. The summed E-state index contributed by atoms with van der Waals surface area (Å²) in [5.74, 6) is -0.234. The SMILES string of the molecule is NCc1ccc(-c2cc(CO)nc(Cl)c2OCC(F)(F)F)cc1Cl. The van der Waals surface area contributed by atoms with Crippen LogP contribution in [-0.4, -0.2) is 22.9 Å². The highest BCUT2D eigenvalue weighted by Gasteiger charge is 2.30. The fourth-order valence-corrected chi connectivity index (χ4v) is 2.54. The van der Waals surface area contributed by atoms with Crippen LogP contribution in [0.4, 0.5) is 13.2 Å². The van der Waals surface area contributed by atoms with Crippen molar-refractivity contribution in [3.63, 3.8) is 0 Å². The smallest absolute Gasteiger partial charge is 0.422 e. The summed E-state index contributed by atoms with van der Waals surface area (Å²) >= 11 is 12.0. The number of rotatable bonds is 5. The Hall–Kier alpha value is -1.54. The first-order valence-electron chi connectivity index (χ1n) is 6.74. The molecule has 0 atom stereocenters. The van der Waals surface area contributed by atoms with Gasteiger partial charge in [0.2, 0.25) is 0 Å². The quantitative estimate of drug-likeness (QED) is 0.770. The summed E-state index contributed by atoms with van der Waals surface area (Å²) in [6.45, 7) is -1.73. The Labute approximate surface area is 146 Å². The summed E-state index contributed by atoms with van der Waals surface area (Å²) < 4.78 is 42.2. The van der Waals surface area contributed by atoms with Crippen molar-refractivity contribution in [2.24, 2.45) is 5.73 Å². The molecule has 0 aliphatic heterocycles. The van der Waals surface area contributed by atoms with Gasteiger partial charge in [0.1, 0.15) is 0 Å². The Morgan fingerprint density at radius 2 is 1.92 bits per heavy atom. The first-order valence-corrected chi connectivity index (χ1v) is 7.49. The van der Waals surface area contributed by atoms with Crippen LogP contribution in [0.5, 0.6) is 5.75 Å². The normalized spacial score (nSPS) is 11.6. The van der Waals surface area contributed by atoms with E-state index in [-0.39, 0.29) is 28.7 Å². The van der Waals surface area contributed by atoms with Crippen LogP contribution in [0.15, 0.2) is 24.3 Å². The van der Waals surface area contributed by atoms with E-state index in [2.05, 4.69) is 4.98 Å². The van der Waals surface area contributed by atoms with Crippen molar-refractivity contribution in [3.05, 3.63) is 45.7 Å². The lowest BCUT2D eigenvalue weighted by atomic mass is 10.0. The van der Waals surface area contributed by atoms with Gasteiger partial charge in [-0.3, -0.25) is 0 Å². The third-order valence-corrected chi connectivity index (χ3v) is 3.72. The maximum absolute atomic E-state index is 12.5. The lowest BCUT2D eigenvalue weighted by Crippen LogP contribution is -2.20. The van der Waals surface area contributed by atoms with Crippen LogP contribution in [0.2, 0.25) is 10.2 Å². The molecular formula is C15H13Cl2F3N2O2. The van der Waals surface area contributed by atoms with E-state index in [1.165, 1.54) is 12.1 Å². The number of alkyl halides is 3. The predicted octanol–water partition coefficient (Wildman–Crippen LogP) is 3.95. The Balaban J connectivity index is 2.53. The number of nitrogens with zero attached hydrogens (tertiary/aromatic N) is 1. The molecule has 0 saturated heterocycles. The number of benzene rings is 1. The second kappa shape index (κ2) is 7.57. The summed E-state index contributed by atoms with van der Waals surface area (Å²) in [6, 6.07) is 6.21. The van der Waals surface area contributed by atoms with Gasteiger partial charge in [0, 0.05) is 17.1 Å². The van der Waals surface area contributed by atoms with Gasteiger partial charge in [-0.15, -0.1) is 0 Å². The van der Waals surface area contributed by atoms with E-state index in [4.69, 9.17) is 33.7 Å². The molecule has 0 aliphatic rings. The van der Waals surface area contributed by atoms with E-state index < -0.39 is 19.4 Å². The minimum absolute atomic E-state index is 0.188. The van der Waals surface area contributed by atoms with Crippen LogP contribution >= 0.6 is 23.2 Å². The van der Waals surface area contributed by atoms with Crippen LogP contribution in [0.3, 0.4) is 0 Å². The van der Waals surface area contributed by atoms with Gasteiger partial charge < -0.3 is 15.6 Å². The van der Waals surface area contributed by atoms with Gasteiger partial charge in [-0.2, -0.15) is 13.2 Å². The fraction of sp³-hybridized carbons (Fsp3) is 0.267. The zero-order valence-electron chi connectivity index (χ0n) is 12.2. The lowest BCUT2D eigenvalue weighted by molar-refractivity contribution is -0.153. The standard InChI is InChI=1S/C15H13Cl2F3N2O2/c16-12-3-8(1-2-9(12)5-21)11-4-10(6-23)22-14(17)13(11)24-7-15(18,19)20/h1-4,23H,5-7,21H2. The van der Waals surface area contributed by atoms with E-state index in [0.717, 1.165) is 0 Å². The van der Waals surface area contributed by atoms with E-state index in [1.54, 1.807) is 12.1 Å². The molecule has 1 aromatic heterocycles. The van der Waals surface area contributed by atoms with Crippen molar-refractivity contribution < 1.29 is 23.0 Å². The minimum atomic E-state index is -4.53.